The number of sulfonamides is 1. The zero-order valence-corrected chi connectivity index (χ0v) is 17.3. The lowest BCUT2D eigenvalue weighted by Gasteiger charge is -2.10. The van der Waals surface area contributed by atoms with E-state index in [1.54, 1.807) is 11.8 Å². The summed E-state index contributed by atoms with van der Waals surface area (Å²) in [6.07, 6.45) is 1.84. The molecule has 0 atom stereocenters. The van der Waals surface area contributed by atoms with Crippen LogP contribution in [0.3, 0.4) is 0 Å². The summed E-state index contributed by atoms with van der Waals surface area (Å²) in [5.41, 5.74) is -0.112. The molecule has 1 fully saturated rings. The fourth-order valence-electron chi connectivity index (χ4n) is 3.08. The second kappa shape index (κ2) is 7.76. The van der Waals surface area contributed by atoms with Gasteiger partial charge < -0.3 is 9.42 Å². The van der Waals surface area contributed by atoms with Gasteiger partial charge >= 0.3 is 11.8 Å². The maximum absolute atomic E-state index is 13.4. The van der Waals surface area contributed by atoms with Gasteiger partial charge in [0.2, 0.25) is 5.82 Å². The smallest absolute Gasteiger partial charge is 0.316 e. The van der Waals surface area contributed by atoms with Crippen LogP contribution in [0.15, 0.2) is 33.7 Å². The van der Waals surface area contributed by atoms with Gasteiger partial charge in [-0.15, -0.1) is 11.3 Å². The van der Waals surface area contributed by atoms with E-state index in [0.29, 0.717) is 22.8 Å². The molecule has 158 valence electrons. The molecule has 1 N–H and O–H groups in total. The molecule has 0 saturated carbocycles. The van der Waals surface area contributed by atoms with E-state index in [-0.39, 0.29) is 28.2 Å². The second-order valence-electron chi connectivity index (χ2n) is 6.69. The van der Waals surface area contributed by atoms with Crippen molar-refractivity contribution in [2.75, 3.05) is 17.8 Å². The van der Waals surface area contributed by atoms with Crippen molar-refractivity contribution in [3.63, 3.8) is 0 Å². The highest BCUT2D eigenvalue weighted by Gasteiger charge is 2.27. The van der Waals surface area contributed by atoms with Crippen LogP contribution in [-0.2, 0) is 10.0 Å². The minimum absolute atomic E-state index is 0.0653. The van der Waals surface area contributed by atoms with E-state index >= 15 is 0 Å². The lowest BCUT2D eigenvalue weighted by Crippen LogP contribution is -2.27. The summed E-state index contributed by atoms with van der Waals surface area (Å²) < 4.78 is 59.1. The molecule has 0 aliphatic carbocycles. The number of thiophene rings is 1. The molecule has 1 aliphatic heterocycles. The lowest BCUT2D eigenvalue weighted by molar-refractivity contribution is 0.0743. The van der Waals surface area contributed by atoms with Gasteiger partial charge in [0.05, 0.1) is 10.6 Å². The number of aryl methyl sites for hydroxylation is 1. The van der Waals surface area contributed by atoms with E-state index in [1.165, 1.54) is 6.07 Å². The Bertz CT molecular complexity index is 1220. The molecule has 30 heavy (non-hydrogen) atoms. The van der Waals surface area contributed by atoms with E-state index in [2.05, 4.69) is 14.9 Å². The van der Waals surface area contributed by atoms with E-state index in [0.717, 1.165) is 42.4 Å². The monoisotopic (exact) mass is 454 g/mol. The number of amides is 1. The highest BCUT2D eigenvalue weighted by Crippen LogP contribution is 2.33. The number of anilines is 1. The lowest BCUT2D eigenvalue weighted by atomic mass is 10.3. The highest BCUT2D eigenvalue weighted by molar-refractivity contribution is 7.93. The molecule has 0 spiro atoms. The first-order valence-electron chi connectivity index (χ1n) is 8.96. The van der Waals surface area contributed by atoms with E-state index < -0.39 is 21.7 Å². The van der Waals surface area contributed by atoms with Crippen LogP contribution in [-0.4, -0.2) is 42.5 Å². The average Bonchev–Trinajstić information content (AvgIpc) is 3.43. The number of nitrogens with zero attached hydrogens (tertiary/aromatic N) is 3. The summed E-state index contributed by atoms with van der Waals surface area (Å²) in [4.78, 5) is 18.8. The predicted molar refractivity (Wildman–Crippen MR) is 105 cm³/mol. The Morgan fingerprint density at radius 3 is 2.63 bits per heavy atom. The third-order valence-corrected chi connectivity index (χ3v) is 7.24. The van der Waals surface area contributed by atoms with Crippen LogP contribution in [0.25, 0.3) is 10.7 Å². The molecule has 12 heteroatoms. The summed E-state index contributed by atoms with van der Waals surface area (Å²) >= 11 is 1.10. The molecule has 1 aliphatic rings. The van der Waals surface area contributed by atoms with Crippen molar-refractivity contribution in [1.29, 1.82) is 0 Å². The number of nitrogens with one attached hydrogen (secondary N) is 1. The minimum Gasteiger partial charge on any atom is -0.334 e. The van der Waals surface area contributed by atoms with Crippen LogP contribution in [0, 0.1) is 18.6 Å². The van der Waals surface area contributed by atoms with Gasteiger partial charge in [0, 0.05) is 24.0 Å². The van der Waals surface area contributed by atoms with Crippen molar-refractivity contribution in [3.05, 3.63) is 46.7 Å². The third kappa shape index (κ3) is 3.92. The molecule has 8 nitrogen and oxygen atoms in total. The third-order valence-electron chi connectivity index (χ3n) is 4.56. The molecule has 4 rings (SSSR count). The first kappa shape index (κ1) is 20.4. The molecule has 0 radical (unpaired) electrons. The Kier molecular flexibility index (Phi) is 5.28. The fourth-order valence-corrected chi connectivity index (χ4v) is 5.65. The van der Waals surface area contributed by atoms with Gasteiger partial charge in [-0.25, -0.2) is 17.2 Å². The number of carbonyl (C=O) groups is 1. The molecular formula is C18H16F2N4O4S2. The fraction of sp³-hybridized carbons (Fsp3) is 0.278. The molecule has 3 heterocycles. The highest BCUT2D eigenvalue weighted by atomic mass is 32.2. The predicted octanol–water partition coefficient (Wildman–Crippen LogP) is 3.42. The zero-order valence-electron chi connectivity index (χ0n) is 15.7. The van der Waals surface area contributed by atoms with Crippen molar-refractivity contribution in [1.82, 2.24) is 15.0 Å². The van der Waals surface area contributed by atoms with Crippen LogP contribution < -0.4 is 4.72 Å². The number of halogens is 2. The van der Waals surface area contributed by atoms with Gasteiger partial charge in [-0.3, -0.25) is 9.52 Å². The number of benzene rings is 1. The van der Waals surface area contributed by atoms with Gasteiger partial charge in [-0.2, -0.15) is 4.98 Å². The topological polar surface area (TPSA) is 105 Å². The number of hydrogen-bond acceptors (Lipinski definition) is 7. The number of carbonyl (C=O) groups excluding carboxylic acids is 1. The van der Waals surface area contributed by atoms with E-state index in [4.69, 9.17) is 4.52 Å². The molecule has 0 bridgehead atoms. The first-order valence-corrected chi connectivity index (χ1v) is 11.3. The van der Waals surface area contributed by atoms with Crippen molar-refractivity contribution in [2.45, 2.75) is 24.7 Å². The quantitative estimate of drug-likeness (QED) is 0.633. The van der Waals surface area contributed by atoms with Gasteiger partial charge in [0.25, 0.3) is 10.0 Å². The Balaban J connectivity index is 1.58. The normalized spacial score (nSPS) is 14.3. The molecule has 0 unspecified atom stereocenters. The van der Waals surface area contributed by atoms with E-state index in [1.807, 2.05) is 0 Å². The van der Waals surface area contributed by atoms with Crippen LogP contribution in [0.5, 0.6) is 0 Å². The number of rotatable bonds is 5. The van der Waals surface area contributed by atoms with Crippen LogP contribution in [0.1, 0.15) is 28.4 Å². The largest absolute Gasteiger partial charge is 0.334 e. The standard InChI is InChI=1S/C18H16F2N4O4S2/c1-10-15(30(26,27)23-11-4-5-12(19)13(20)8-11)9-14(29-10)16-21-17(28-22-16)18(25)24-6-2-3-7-24/h4-5,8-9,23H,2-3,6-7H2,1H3. The number of hydrogen-bond donors (Lipinski definition) is 1. The van der Waals surface area contributed by atoms with E-state index in [9.17, 15) is 22.0 Å². The Morgan fingerprint density at radius 1 is 1.20 bits per heavy atom. The van der Waals surface area contributed by atoms with Gasteiger partial charge in [-0.05, 0) is 38.0 Å². The summed E-state index contributed by atoms with van der Waals surface area (Å²) in [5.74, 6) is -2.65. The SMILES string of the molecule is Cc1sc(-c2noc(C(=O)N3CCCC3)n2)cc1S(=O)(=O)Nc1ccc(F)c(F)c1. The summed E-state index contributed by atoms with van der Waals surface area (Å²) in [6, 6.07) is 4.05. The van der Waals surface area contributed by atoms with Gasteiger partial charge in [0.1, 0.15) is 4.90 Å². The summed E-state index contributed by atoms with van der Waals surface area (Å²) in [5, 5.41) is 3.79. The Labute approximate surface area is 174 Å². The first-order chi connectivity index (χ1) is 14.2. The van der Waals surface area contributed by atoms with Crippen molar-refractivity contribution in [3.8, 4) is 10.7 Å². The van der Waals surface area contributed by atoms with Crippen LogP contribution in [0.2, 0.25) is 0 Å². The minimum atomic E-state index is -4.07. The summed E-state index contributed by atoms with van der Waals surface area (Å²) in [6.45, 7) is 2.85. The molecular weight excluding hydrogens is 438 g/mol. The van der Waals surface area contributed by atoms with Crippen LogP contribution >= 0.6 is 11.3 Å². The molecule has 3 aromatic rings. The second-order valence-corrected chi connectivity index (χ2v) is 9.60. The van der Waals surface area contributed by atoms with Crippen molar-refractivity contribution in [2.24, 2.45) is 0 Å². The average molecular weight is 454 g/mol. The Morgan fingerprint density at radius 2 is 1.93 bits per heavy atom. The van der Waals surface area contributed by atoms with Gasteiger partial charge in [-0.1, -0.05) is 5.16 Å². The maximum atomic E-state index is 13.4. The molecule has 1 saturated heterocycles. The molecule has 2 aromatic heterocycles. The molecule has 1 amide bonds. The van der Waals surface area contributed by atoms with Gasteiger partial charge in [0.15, 0.2) is 11.6 Å². The van der Waals surface area contributed by atoms with Crippen molar-refractivity contribution < 1.29 is 26.5 Å². The molecule has 1 aromatic carbocycles. The maximum Gasteiger partial charge on any atom is 0.316 e. The summed E-state index contributed by atoms with van der Waals surface area (Å²) in [7, 11) is -4.07. The Hall–Kier alpha value is -2.86. The van der Waals surface area contributed by atoms with Crippen LogP contribution in [0.4, 0.5) is 14.5 Å². The van der Waals surface area contributed by atoms with Crippen molar-refractivity contribution >= 4 is 33.0 Å². The zero-order chi connectivity index (χ0) is 21.5. The number of likely N-dealkylation sites (tertiary alicyclic amines) is 1. The number of aromatic nitrogens is 2.